The van der Waals surface area contributed by atoms with Gasteiger partial charge in [0.15, 0.2) is 0 Å². The van der Waals surface area contributed by atoms with Gasteiger partial charge in [-0.25, -0.2) is 0 Å². The predicted molar refractivity (Wildman–Crippen MR) is 64.1 cm³/mol. The van der Waals surface area contributed by atoms with Crippen molar-refractivity contribution in [1.29, 1.82) is 0 Å². The number of rotatable bonds is 1. The maximum absolute atomic E-state index is 12.1. The maximum Gasteiger partial charge on any atom is 0.311 e. The van der Waals surface area contributed by atoms with Crippen LogP contribution in [0.4, 0.5) is 0 Å². The van der Waals surface area contributed by atoms with Crippen molar-refractivity contribution in [2.24, 2.45) is 40.9 Å². The maximum atomic E-state index is 12.1. The predicted octanol–water partition coefficient (Wildman–Crippen LogP) is 2.64. The Morgan fingerprint density at radius 3 is 2.65 bits per heavy atom. The smallest absolute Gasteiger partial charge is 0.311 e. The van der Waals surface area contributed by atoms with Gasteiger partial charge in [0.25, 0.3) is 0 Å². The minimum absolute atomic E-state index is 0.0372. The van der Waals surface area contributed by atoms with Gasteiger partial charge in [0.05, 0.1) is 12.5 Å². The molecule has 4 rings (SSSR count). The Labute approximate surface area is 102 Å². The number of fused-ring (bicyclic) bond motifs is 9. The van der Waals surface area contributed by atoms with Crippen LogP contribution in [0.5, 0.6) is 0 Å². The summed E-state index contributed by atoms with van der Waals surface area (Å²) in [4.78, 5) is 12.1. The third-order valence-electron chi connectivity index (χ3n) is 6.30. The summed E-state index contributed by atoms with van der Waals surface area (Å²) in [6.07, 6.45) is 8.57. The van der Waals surface area contributed by atoms with Gasteiger partial charge in [-0.15, -0.1) is 0 Å². The largest absolute Gasteiger partial charge is 0.469 e. The number of esters is 1. The minimum Gasteiger partial charge on any atom is -0.469 e. The summed E-state index contributed by atoms with van der Waals surface area (Å²) in [7, 11) is 1.54. The molecule has 0 aromatic carbocycles. The van der Waals surface area contributed by atoms with Crippen LogP contribution in [-0.4, -0.2) is 13.1 Å². The first-order valence-electron chi connectivity index (χ1n) is 6.92. The summed E-state index contributed by atoms with van der Waals surface area (Å²) in [6, 6.07) is 0. The molecular formula is C15H20O2. The molecule has 2 nitrogen and oxygen atoms in total. The topological polar surface area (TPSA) is 26.3 Å². The third-order valence-corrected chi connectivity index (χ3v) is 6.30. The monoisotopic (exact) mass is 232 g/mol. The standard InChI is InChI=1S/C15H20O2/c1-15(14(16)17-2)7-10-6-11(15)13-9-4-3-8(5-9)12(10)13/h3-4,8-13H,5-7H2,1-2H3/t8-,9+,10+,11+,12+,13-,15-/m1/s1. The molecule has 0 amide bonds. The fourth-order valence-electron chi connectivity index (χ4n) is 5.84. The van der Waals surface area contributed by atoms with Crippen molar-refractivity contribution >= 4 is 5.97 Å². The van der Waals surface area contributed by atoms with Crippen molar-refractivity contribution in [1.82, 2.24) is 0 Å². The molecule has 0 saturated heterocycles. The van der Waals surface area contributed by atoms with Crippen LogP contribution < -0.4 is 0 Å². The molecule has 4 bridgehead atoms. The van der Waals surface area contributed by atoms with E-state index in [1.165, 1.54) is 20.0 Å². The second-order valence-corrected chi connectivity index (χ2v) is 6.82. The molecule has 0 spiro atoms. The summed E-state index contributed by atoms with van der Waals surface area (Å²) >= 11 is 0. The number of carbonyl (C=O) groups is 1. The van der Waals surface area contributed by atoms with Crippen molar-refractivity contribution in [3.05, 3.63) is 12.2 Å². The molecule has 0 aromatic heterocycles. The summed E-state index contributed by atoms with van der Waals surface area (Å²) in [5.41, 5.74) is -0.182. The van der Waals surface area contributed by atoms with Crippen molar-refractivity contribution in [3.63, 3.8) is 0 Å². The summed E-state index contributed by atoms with van der Waals surface area (Å²) in [5, 5.41) is 0. The van der Waals surface area contributed by atoms with Crippen LogP contribution in [0.25, 0.3) is 0 Å². The van der Waals surface area contributed by atoms with E-state index < -0.39 is 0 Å². The van der Waals surface area contributed by atoms with Crippen molar-refractivity contribution < 1.29 is 9.53 Å². The highest BCUT2D eigenvalue weighted by Gasteiger charge is 2.66. The highest BCUT2D eigenvalue weighted by molar-refractivity contribution is 5.77. The van der Waals surface area contributed by atoms with Gasteiger partial charge in [-0.3, -0.25) is 4.79 Å². The first kappa shape index (κ1) is 10.2. The van der Waals surface area contributed by atoms with Gasteiger partial charge < -0.3 is 4.74 Å². The quantitative estimate of drug-likeness (QED) is 0.395. The lowest BCUT2D eigenvalue weighted by molar-refractivity contribution is -0.157. The second-order valence-electron chi connectivity index (χ2n) is 6.82. The molecule has 7 atom stereocenters. The average molecular weight is 232 g/mol. The number of hydrogen-bond donors (Lipinski definition) is 0. The molecule has 92 valence electrons. The molecule has 0 heterocycles. The lowest BCUT2D eigenvalue weighted by Crippen LogP contribution is -2.42. The Hall–Kier alpha value is -0.790. The van der Waals surface area contributed by atoms with E-state index in [-0.39, 0.29) is 11.4 Å². The van der Waals surface area contributed by atoms with E-state index in [1.807, 2.05) is 0 Å². The lowest BCUT2D eigenvalue weighted by atomic mass is 9.63. The Morgan fingerprint density at radius 1 is 1.24 bits per heavy atom. The van der Waals surface area contributed by atoms with Crippen LogP contribution in [-0.2, 0) is 9.53 Å². The number of allylic oxidation sites excluding steroid dienone is 2. The average Bonchev–Trinajstić information content (AvgIpc) is 3.03. The Kier molecular flexibility index (Phi) is 1.77. The normalized spacial score (nSPS) is 57.5. The molecule has 0 aromatic rings. The Morgan fingerprint density at radius 2 is 1.94 bits per heavy atom. The molecule has 4 aliphatic rings. The third kappa shape index (κ3) is 1.01. The Bertz CT molecular complexity index is 413. The second kappa shape index (κ2) is 2.96. The minimum atomic E-state index is -0.182. The summed E-state index contributed by atoms with van der Waals surface area (Å²) < 4.78 is 5.06. The molecule has 3 fully saturated rings. The molecule has 0 radical (unpaired) electrons. The van der Waals surface area contributed by atoms with E-state index in [9.17, 15) is 4.79 Å². The van der Waals surface area contributed by atoms with Crippen LogP contribution >= 0.6 is 0 Å². The SMILES string of the molecule is COC(=O)[C@]1(C)C[C@@H]2C[C@H]1[C@@H]1[C@H]2[C@@H]2C=C[C@H]1C2. The van der Waals surface area contributed by atoms with Crippen molar-refractivity contribution in [2.75, 3.05) is 7.11 Å². The van der Waals surface area contributed by atoms with Crippen molar-refractivity contribution in [3.8, 4) is 0 Å². The first-order valence-corrected chi connectivity index (χ1v) is 6.92. The van der Waals surface area contributed by atoms with Gasteiger partial charge in [0.1, 0.15) is 0 Å². The summed E-state index contributed by atoms with van der Waals surface area (Å²) in [6.45, 7) is 2.15. The van der Waals surface area contributed by atoms with Crippen LogP contribution in [0.2, 0.25) is 0 Å². The Balaban J connectivity index is 1.71. The zero-order valence-electron chi connectivity index (χ0n) is 10.6. The fraction of sp³-hybridized carbons (Fsp3) is 0.800. The molecule has 0 N–H and O–H groups in total. The van der Waals surface area contributed by atoms with Gasteiger partial charge in [0, 0.05) is 0 Å². The highest BCUT2D eigenvalue weighted by atomic mass is 16.5. The van der Waals surface area contributed by atoms with E-state index in [1.54, 1.807) is 0 Å². The number of hydrogen-bond acceptors (Lipinski definition) is 2. The molecule has 4 aliphatic carbocycles. The van der Waals surface area contributed by atoms with Crippen LogP contribution in [0.15, 0.2) is 12.2 Å². The number of carbonyl (C=O) groups excluding carboxylic acids is 1. The fourth-order valence-corrected chi connectivity index (χ4v) is 5.84. The number of methoxy groups -OCH3 is 1. The van der Waals surface area contributed by atoms with Crippen LogP contribution in [0.3, 0.4) is 0 Å². The first-order chi connectivity index (χ1) is 8.15. The molecular weight excluding hydrogens is 212 g/mol. The van der Waals surface area contributed by atoms with E-state index in [0.29, 0.717) is 5.92 Å². The molecule has 17 heavy (non-hydrogen) atoms. The van der Waals surface area contributed by atoms with Crippen LogP contribution in [0.1, 0.15) is 26.2 Å². The van der Waals surface area contributed by atoms with Gasteiger partial charge in [-0.05, 0) is 61.7 Å². The zero-order valence-corrected chi connectivity index (χ0v) is 10.6. The lowest BCUT2D eigenvalue weighted by Gasteiger charge is -2.41. The van der Waals surface area contributed by atoms with E-state index in [4.69, 9.17) is 4.74 Å². The van der Waals surface area contributed by atoms with E-state index in [2.05, 4.69) is 19.1 Å². The van der Waals surface area contributed by atoms with Gasteiger partial charge >= 0.3 is 5.97 Å². The number of ether oxygens (including phenoxy) is 1. The molecule has 3 saturated carbocycles. The van der Waals surface area contributed by atoms with E-state index >= 15 is 0 Å². The van der Waals surface area contributed by atoms with Gasteiger partial charge in [0.2, 0.25) is 0 Å². The van der Waals surface area contributed by atoms with Gasteiger partial charge in [-0.2, -0.15) is 0 Å². The highest BCUT2D eigenvalue weighted by Crippen LogP contribution is 2.70. The van der Waals surface area contributed by atoms with Crippen LogP contribution in [0, 0.1) is 40.9 Å². The summed E-state index contributed by atoms with van der Waals surface area (Å²) in [5.74, 6) is 4.70. The molecule has 0 aliphatic heterocycles. The van der Waals surface area contributed by atoms with Gasteiger partial charge in [-0.1, -0.05) is 12.2 Å². The zero-order chi connectivity index (χ0) is 11.8. The van der Waals surface area contributed by atoms with E-state index in [0.717, 1.165) is 36.0 Å². The molecule has 0 unspecified atom stereocenters. The molecule has 2 heteroatoms. The van der Waals surface area contributed by atoms with Crippen molar-refractivity contribution in [2.45, 2.75) is 26.2 Å².